The molecule has 0 aliphatic carbocycles. The summed E-state index contributed by atoms with van der Waals surface area (Å²) in [4.78, 5) is 11.2. The molecule has 1 aromatic carbocycles. The first kappa shape index (κ1) is 21.5. The van der Waals surface area contributed by atoms with E-state index in [1.807, 2.05) is 0 Å². The van der Waals surface area contributed by atoms with Gasteiger partial charge in [0.1, 0.15) is 5.69 Å². The molecule has 0 aliphatic heterocycles. The molecule has 2 aromatic heterocycles. The zero-order chi connectivity index (χ0) is 21.3. The molecule has 0 radical (unpaired) electrons. The number of hydrogen-bond donors (Lipinski definition) is 0. The van der Waals surface area contributed by atoms with Crippen LogP contribution in [0.3, 0.4) is 0 Å². The molecule has 3 rings (SSSR count). The number of aryl methyl sites for hydroxylation is 1. The van der Waals surface area contributed by atoms with Gasteiger partial charge in [0.15, 0.2) is 19.9 Å². The van der Waals surface area contributed by atoms with E-state index in [-0.39, 0.29) is 27.0 Å². The van der Waals surface area contributed by atoms with Crippen molar-refractivity contribution >= 4 is 49.6 Å². The van der Waals surface area contributed by atoms with E-state index in [2.05, 4.69) is 20.0 Å². The van der Waals surface area contributed by atoms with E-state index in [0.29, 0.717) is 28.8 Å². The van der Waals surface area contributed by atoms with Gasteiger partial charge < -0.3 is 4.74 Å². The SMILES string of the molecule is CCn1nc(-c2nnc(C(F)F)s2)c2cc(S(=O)(=O)CCC(=O)OC)cc(Cl)c21. The van der Waals surface area contributed by atoms with Crippen LogP contribution in [0.15, 0.2) is 17.0 Å². The molecule has 0 atom stereocenters. The largest absolute Gasteiger partial charge is 0.469 e. The Morgan fingerprint density at radius 2 is 2.07 bits per heavy atom. The fourth-order valence-electron chi connectivity index (χ4n) is 2.66. The number of fused-ring (bicyclic) bond motifs is 1. The zero-order valence-corrected chi connectivity index (χ0v) is 17.6. The summed E-state index contributed by atoms with van der Waals surface area (Å²) in [5.74, 6) is -1.12. The summed E-state index contributed by atoms with van der Waals surface area (Å²) >= 11 is 7.00. The molecule has 2 heterocycles. The smallest absolute Gasteiger partial charge is 0.306 e. The van der Waals surface area contributed by atoms with Gasteiger partial charge in [0.05, 0.1) is 34.7 Å². The van der Waals surface area contributed by atoms with Crippen molar-refractivity contribution in [1.82, 2.24) is 20.0 Å². The van der Waals surface area contributed by atoms with Crippen LogP contribution in [0.1, 0.15) is 24.8 Å². The third-order valence-corrected chi connectivity index (χ3v) is 6.98. The molecule has 13 heteroatoms. The summed E-state index contributed by atoms with van der Waals surface area (Å²) < 4.78 is 57.1. The molecule has 0 spiro atoms. The third kappa shape index (κ3) is 4.23. The van der Waals surface area contributed by atoms with E-state index < -0.39 is 33.0 Å². The van der Waals surface area contributed by atoms with Crippen LogP contribution in [0.4, 0.5) is 8.78 Å². The molecular weight excluding hydrogens is 450 g/mol. The summed E-state index contributed by atoms with van der Waals surface area (Å²) in [5, 5.41) is 11.7. The molecule has 0 unspecified atom stereocenters. The van der Waals surface area contributed by atoms with Crippen molar-refractivity contribution in [3.8, 4) is 10.7 Å². The van der Waals surface area contributed by atoms with E-state index in [1.54, 1.807) is 6.92 Å². The number of ether oxygens (including phenoxy) is 1. The van der Waals surface area contributed by atoms with Gasteiger partial charge in [-0.1, -0.05) is 22.9 Å². The lowest BCUT2D eigenvalue weighted by molar-refractivity contribution is -0.140. The number of hydrogen-bond acceptors (Lipinski definition) is 8. The average Bonchev–Trinajstić information content (AvgIpc) is 3.30. The van der Waals surface area contributed by atoms with Crippen LogP contribution in [0, 0.1) is 0 Å². The molecule has 0 aliphatic rings. The van der Waals surface area contributed by atoms with Gasteiger partial charge in [-0.3, -0.25) is 9.48 Å². The van der Waals surface area contributed by atoms with Crippen LogP contribution in [0.25, 0.3) is 21.6 Å². The highest BCUT2D eigenvalue weighted by Crippen LogP contribution is 2.37. The molecule has 0 saturated heterocycles. The molecule has 29 heavy (non-hydrogen) atoms. The standard InChI is InChI=1S/C16H15ClF2N4O4S2/c1-3-23-13-9(12(22-23)15-20-21-16(28-15)14(18)19)6-8(7-10(13)17)29(25,26)5-4-11(24)27-2/h6-7,14H,3-5H2,1-2H3. The van der Waals surface area contributed by atoms with Gasteiger partial charge >= 0.3 is 5.97 Å². The van der Waals surface area contributed by atoms with E-state index >= 15 is 0 Å². The van der Waals surface area contributed by atoms with Crippen molar-refractivity contribution in [3.63, 3.8) is 0 Å². The molecule has 0 fully saturated rings. The van der Waals surface area contributed by atoms with E-state index in [0.717, 1.165) is 0 Å². The number of nitrogens with zero attached hydrogens (tertiary/aromatic N) is 4. The summed E-state index contributed by atoms with van der Waals surface area (Å²) in [6.07, 6.45) is -3.09. The minimum absolute atomic E-state index is 0.116. The minimum Gasteiger partial charge on any atom is -0.469 e. The van der Waals surface area contributed by atoms with Crippen molar-refractivity contribution in [2.45, 2.75) is 31.2 Å². The Hall–Kier alpha value is -2.18. The fraction of sp³-hybridized carbons (Fsp3) is 0.375. The maximum absolute atomic E-state index is 12.9. The Bertz CT molecular complexity index is 1180. The zero-order valence-electron chi connectivity index (χ0n) is 15.2. The topological polar surface area (TPSA) is 104 Å². The Labute approximate surface area is 173 Å². The Morgan fingerprint density at radius 3 is 2.66 bits per heavy atom. The summed E-state index contributed by atoms with van der Waals surface area (Å²) in [7, 11) is -2.69. The van der Waals surface area contributed by atoms with Crippen LogP contribution >= 0.6 is 22.9 Å². The lowest BCUT2D eigenvalue weighted by Crippen LogP contribution is -2.12. The summed E-state index contributed by atoms with van der Waals surface area (Å²) in [6, 6.07) is 2.63. The molecular formula is C16H15ClF2N4O4S2. The maximum Gasteiger partial charge on any atom is 0.306 e. The third-order valence-electron chi connectivity index (χ3n) is 4.06. The molecule has 0 N–H and O–H groups in total. The molecule has 156 valence electrons. The molecule has 0 amide bonds. The number of carbonyl (C=O) groups excluding carboxylic acids is 1. The number of alkyl halides is 2. The van der Waals surface area contributed by atoms with Crippen molar-refractivity contribution in [2.24, 2.45) is 0 Å². The highest BCUT2D eigenvalue weighted by molar-refractivity contribution is 7.91. The first-order chi connectivity index (χ1) is 13.7. The summed E-state index contributed by atoms with van der Waals surface area (Å²) in [5.41, 5.74) is 0.656. The van der Waals surface area contributed by atoms with Gasteiger partial charge in [-0.2, -0.15) is 5.10 Å². The van der Waals surface area contributed by atoms with Gasteiger partial charge in [-0.25, -0.2) is 17.2 Å². The van der Waals surface area contributed by atoms with Crippen LogP contribution < -0.4 is 0 Å². The van der Waals surface area contributed by atoms with Crippen LogP contribution in [0.2, 0.25) is 5.02 Å². The van der Waals surface area contributed by atoms with E-state index in [4.69, 9.17) is 11.6 Å². The van der Waals surface area contributed by atoms with Gasteiger partial charge in [0.2, 0.25) is 0 Å². The number of benzene rings is 1. The lowest BCUT2D eigenvalue weighted by Gasteiger charge is -2.07. The predicted octanol–water partition coefficient (Wildman–Crippen LogP) is 3.50. The van der Waals surface area contributed by atoms with Crippen molar-refractivity contribution in [1.29, 1.82) is 0 Å². The second-order valence-corrected chi connectivity index (χ2v) is 9.38. The van der Waals surface area contributed by atoms with Gasteiger partial charge in [-0.05, 0) is 19.1 Å². The summed E-state index contributed by atoms with van der Waals surface area (Å²) in [6.45, 7) is 2.21. The maximum atomic E-state index is 12.9. The number of halogens is 3. The van der Waals surface area contributed by atoms with Crippen molar-refractivity contribution < 1.29 is 26.7 Å². The highest BCUT2D eigenvalue weighted by atomic mass is 35.5. The number of rotatable bonds is 7. The monoisotopic (exact) mass is 464 g/mol. The van der Waals surface area contributed by atoms with Crippen molar-refractivity contribution in [3.05, 3.63) is 22.2 Å². The quantitative estimate of drug-likeness (QED) is 0.493. The predicted molar refractivity (Wildman–Crippen MR) is 103 cm³/mol. The lowest BCUT2D eigenvalue weighted by atomic mass is 10.2. The number of sulfone groups is 1. The number of esters is 1. The molecule has 0 saturated carbocycles. The normalized spacial score (nSPS) is 12.1. The van der Waals surface area contributed by atoms with E-state index in [9.17, 15) is 22.0 Å². The second kappa shape index (κ2) is 8.28. The first-order valence-electron chi connectivity index (χ1n) is 8.29. The molecule has 0 bridgehead atoms. The van der Waals surface area contributed by atoms with Crippen LogP contribution in [-0.4, -0.2) is 47.2 Å². The van der Waals surface area contributed by atoms with Gasteiger partial charge in [0, 0.05) is 11.9 Å². The average molecular weight is 465 g/mol. The van der Waals surface area contributed by atoms with Gasteiger partial charge in [-0.15, -0.1) is 10.2 Å². The van der Waals surface area contributed by atoms with Crippen LogP contribution in [-0.2, 0) is 25.9 Å². The number of methoxy groups -OCH3 is 1. The number of carbonyl (C=O) groups is 1. The highest BCUT2D eigenvalue weighted by Gasteiger charge is 2.24. The Kier molecular flexibility index (Phi) is 6.15. The Morgan fingerprint density at radius 1 is 1.34 bits per heavy atom. The fourth-order valence-corrected chi connectivity index (χ4v) is 5.01. The van der Waals surface area contributed by atoms with Crippen molar-refractivity contribution in [2.75, 3.05) is 12.9 Å². The second-order valence-electron chi connectivity index (χ2n) is 5.86. The first-order valence-corrected chi connectivity index (χ1v) is 11.1. The minimum atomic E-state index is -3.86. The Balaban J connectivity index is 2.15. The van der Waals surface area contributed by atoms with E-state index in [1.165, 1.54) is 23.9 Å². The van der Waals surface area contributed by atoms with Gasteiger partial charge in [0.25, 0.3) is 6.43 Å². The molecule has 8 nitrogen and oxygen atoms in total. The van der Waals surface area contributed by atoms with Crippen LogP contribution in [0.5, 0.6) is 0 Å². The number of aromatic nitrogens is 4. The molecule has 3 aromatic rings.